The summed E-state index contributed by atoms with van der Waals surface area (Å²) in [6.45, 7) is 4.13. The van der Waals surface area contributed by atoms with E-state index in [1.807, 2.05) is 11.0 Å². The molecule has 2 aromatic rings. The Morgan fingerprint density at radius 2 is 1.72 bits per heavy atom. The molecule has 4 aliphatic rings. The van der Waals surface area contributed by atoms with Crippen molar-refractivity contribution < 1.29 is 38.0 Å². The van der Waals surface area contributed by atoms with Crippen LogP contribution in [0.2, 0.25) is 0 Å². The fourth-order valence-corrected chi connectivity index (χ4v) is 5.44. The largest absolute Gasteiger partial charge is 1.00 e. The van der Waals surface area contributed by atoms with Crippen LogP contribution < -0.4 is 24.0 Å². The molecule has 4 heterocycles. The van der Waals surface area contributed by atoms with Crippen LogP contribution in [0.3, 0.4) is 0 Å². The number of likely N-dealkylation sites (N-methyl/N-ethyl adjacent to an activating group) is 1. The topological polar surface area (TPSA) is 29.5 Å². The van der Waals surface area contributed by atoms with E-state index in [1.54, 1.807) is 0 Å². The van der Waals surface area contributed by atoms with Crippen LogP contribution in [-0.4, -0.2) is 54.8 Å². The summed E-state index contributed by atoms with van der Waals surface area (Å²) in [4.78, 5) is 15.3. The molecule has 29 heavy (non-hydrogen) atoms. The highest BCUT2D eigenvalue weighted by Gasteiger charge is 2.46. The van der Waals surface area contributed by atoms with E-state index >= 15 is 0 Å². The smallest absolute Gasteiger partial charge is 0.411 e. The minimum atomic E-state index is -0.145. The molecule has 2 atom stereocenters. The average Bonchev–Trinajstić information content (AvgIpc) is 2.73. The maximum atomic E-state index is 13.3. The Kier molecular flexibility index (Phi) is 5.89. The molecule has 0 N–H and O–H groups in total. The third-order valence-corrected chi connectivity index (χ3v) is 7.11. The number of carbonyl (C=O) groups excluding carboxylic acids is 1. The van der Waals surface area contributed by atoms with Gasteiger partial charge in [0.15, 0.2) is 6.10 Å². The van der Waals surface area contributed by atoms with Crippen LogP contribution in [-0.2, 0) is 11.2 Å². The van der Waals surface area contributed by atoms with E-state index in [9.17, 15) is 4.79 Å². The Morgan fingerprint density at radius 1 is 1.03 bits per heavy atom. The van der Waals surface area contributed by atoms with Crippen LogP contribution in [0.15, 0.2) is 54.6 Å². The van der Waals surface area contributed by atoms with Crippen LogP contribution in [0.4, 0.5) is 4.79 Å². The predicted octanol–water partition coefficient (Wildman–Crippen LogP) is 1.01. The maximum absolute atomic E-state index is 13.3. The molecule has 6 rings (SSSR count). The van der Waals surface area contributed by atoms with Crippen LogP contribution >= 0.6 is 0 Å². The molecule has 154 valence electrons. The second-order valence-electron chi connectivity index (χ2n) is 8.96. The van der Waals surface area contributed by atoms with Crippen molar-refractivity contribution in [2.24, 2.45) is 5.92 Å². The summed E-state index contributed by atoms with van der Waals surface area (Å²) < 4.78 is 7.22. The lowest BCUT2D eigenvalue weighted by molar-refractivity contribution is -0.928. The van der Waals surface area contributed by atoms with E-state index in [1.165, 1.54) is 37.1 Å². The molecule has 0 aliphatic carbocycles. The number of benzene rings is 2. The standard InChI is InChI=1S/C24H29N2O2.HI/c1-26-15-12-19(13-16-26)22(17-26)28-24(27)25-14-11-18-7-5-6-10-21(18)23(25)20-8-3-2-4-9-20;/h2-10,19,22-23H,11-17H2,1H3;1H/q+1;/p-1/t19?,22?,23-,26?;/m1./s1. The number of hydrogen-bond donors (Lipinski definition) is 0. The molecule has 1 unspecified atom stereocenters. The van der Waals surface area contributed by atoms with Crippen molar-refractivity contribution in [1.82, 2.24) is 4.90 Å². The number of amides is 1. The number of ether oxygens (including phenoxy) is 1. The van der Waals surface area contributed by atoms with Gasteiger partial charge < -0.3 is 33.2 Å². The Morgan fingerprint density at radius 3 is 2.45 bits per heavy atom. The number of quaternary nitrogens is 1. The fraction of sp³-hybridized carbons (Fsp3) is 0.458. The van der Waals surface area contributed by atoms with E-state index in [2.05, 4.69) is 55.6 Å². The molecule has 3 saturated heterocycles. The Hall–Kier alpha value is -1.60. The molecule has 4 aliphatic heterocycles. The number of piperidine rings is 3. The minimum absolute atomic E-state index is 0. The van der Waals surface area contributed by atoms with Crippen molar-refractivity contribution in [3.63, 3.8) is 0 Å². The van der Waals surface area contributed by atoms with Crippen molar-refractivity contribution in [2.75, 3.05) is 33.2 Å². The van der Waals surface area contributed by atoms with Crippen molar-refractivity contribution in [3.8, 4) is 0 Å². The molecular weight excluding hydrogens is 475 g/mol. The second kappa shape index (κ2) is 8.26. The first kappa shape index (κ1) is 20.7. The lowest BCUT2D eigenvalue weighted by atomic mass is 9.84. The number of hydrogen-bond acceptors (Lipinski definition) is 2. The van der Waals surface area contributed by atoms with Crippen molar-refractivity contribution in [1.29, 1.82) is 0 Å². The monoisotopic (exact) mass is 504 g/mol. The molecule has 2 aromatic carbocycles. The van der Waals surface area contributed by atoms with E-state index in [0.29, 0.717) is 12.5 Å². The number of nitrogens with zero attached hydrogens (tertiary/aromatic N) is 2. The van der Waals surface area contributed by atoms with Gasteiger partial charge in [-0.25, -0.2) is 4.79 Å². The van der Waals surface area contributed by atoms with Crippen molar-refractivity contribution in [2.45, 2.75) is 31.4 Å². The van der Waals surface area contributed by atoms with Crippen LogP contribution in [0.25, 0.3) is 0 Å². The van der Waals surface area contributed by atoms with Crippen LogP contribution in [0.1, 0.15) is 35.6 Å². The maximum Gasteiger partial charge on any atom is 0.411 e. The summed E-state index contributed by atoms with van der Waals surface area (Å²) in [6.07, 6.45) is 3.16. The Labute approximate surface area is 190 Å². The molecule has 4 nitrogen and oxygen atoms in total. The summed E-state index contributed by atoms with van der Waals surface area (Å²) in [5.41, 5.74) is 3.71. The molecule has 3 fully saturated rings. The zero-order valence-corrected chi connectivity index (χ0v) is 19.1. The molecule has 0 aromatic heterocycles. The highest BCUT2D eigenvalue weighted by atomic mass is 127. The van der Waals surface area contributed by atoms with Gasteiger partial charge in [0.2, 0.25) is 0 Å². The summed E-state index contributed by atoms with van der Waals surface area (Å²) in [5, 5.41) is 0. The summed E-state index contributed by atoms with van der Waals surface area (Å²) >= 11 is 0. The molecular formula is C24H29IN2O2. The van der Waals surface area contributed by atoms with Gasteiger partial charge in [0.05, 0.1) is 26.2 Å². The molecule has 0 radical (unpaired) electrons. The van der Waals surface area contributed by atoms with Gasteiger partial charge in [-0.2, -0.15) is 0 Å². The van der Waals surface area contributed by atoms with Crippen molar-refractivity contribution in [3.05, 3.63) is 71.3 Å². The first-order valence-corrected chi connectivity index (χ1v) is 10.6. The third-order valence-electron chi connectivity index (χ3n) is 7.11. The van der Waals surface area contributed by atoms with Gasteiger partial charge in [-0.15, -0.1) is 0 Å². The second-order valence-corrected chi connectivity index (χ2v) is 8.96. The third kappa shape index (κ3) is 3.91. The fourth-order valence-electron chi connectivity index (χ4n) is 5.44. The van der Waals surface area contributed by atoms with E-state index in [-0.39, 0.29) is 42.2 Å². The zero-order chi connectivity index (χ0) is 19.1. The van der Waals surface area contributed by atoms with Crippen LogP contribution in [0.5, 0.6) is 0 Å². The molecule has 1 amide bonds. The van der Waals surface area contributed by atoms with Crippen LogP contribution in [0, 0.1) is 5.92 Å². The quantitative estimate of drug-likeness (QED) is 0.452. The van der Waals surface area contributed by atoms with Gasteiger partial charge in [0.1, 0.15) is 6.54 Å². The van der Waals surface area contributed by atoms with Gasteiger partial charge in [-0.05, 0) is 23.1 Å². The predicted molar refractivity (Wildman–Crippen MR) is 109 cm³/mol. The Bertz CT molecular complexity index is 864. The van der Waals surface area contributed by atoms with E-state index in [0.717, 1.165) is 23.0 Å². The molecule has 5 heteroatoms. The summed E-state index contributed by atoms with van der Waals surface area (Å²) in [7, 11) is 2.31. The number of halogens is 1. The molecule has 0 saturated carbocycles. The lowest BCUT2D eigenvalue weighted by Gasteiger charge is -2.50. The number of fused-ring (bicyclic) bond motifs is 4. The number of rotatable bonds is 2. The summed E-state index contributed by atoms with van der Waals surface area (Å²) in [5.74, 6) is 0.538. The molecule has 2 bridgehead atoms. The molecule has 0 spiro atoms. The Balaban J connectivity index is 0.00000205. The first-order valence-electron chi connectivity index (χ1n) is 10.6. The van der Waals surface area contributed by atoms with E-state index < -0.39 is 0 Å². The van der Waals surface area contributed by atoms with Gasteiger partial charge in [-0.1, -0.05) is 54.6 Å². The van der Waals surface area contributed by atoms with Gasteiger partial charge in [0.25, 0.3) is 0 Å². The van der Waals surface area contributed by atoms with Gasteiger partial charge >= 0.3 is 6.09 Å². The van der Waals surface area contributed by atoms with E-state index in [4.69, 9.17) is 4.74 Å². The van der Waals surface area contributed by atoms with Crippen molar-refractivity contribution >= 4 is 6.09 Å². The number of carbonyl (C=O) groups is 1. The lowest BCUT2D eigenvalue weighted by Crippen LogP contribution is -3.00. The zero-order valence-electron chi connectivity index (χ0n) is 17.0. The SMILES string of the molecule is C[N+]12CCC(CC1)C(OC(=O)N1CCc3ccccc3[C@H]1c1ccccc1)C2.[I-]. The summed E-state index contributed by atoms with van der Waals surface area (Å²) in [6, 6.07) is 18.8. The average molecular weight is 504 g/mol. The van der Waals surface area contributed by atoms with Gasteiger partial charge in [0, 0.05) is 25.3 Å². The highest BCUT2D eigenvalue weighted by molar-refractivity contribution is 5.70. The first-order chi connectivity index (χ1) is 13.6. The normalized spacial score (nSPS) is 30.2. The van der Waals surface area contributed by atoms with Gasteiger partial charge in [-0.3, -0.25) is 4.90 Å². The highest BCUT2D eigenvalue weighted by Crippen LogP contribution is 2.38. The minimum Gasteiger partial charge on any atom is -1.00 e.